The molecular weight excluding hydrogens is 722 g/mol. The molecular formula is C51H44FN3O3. The fourth-order valence-corrected chi connectivity index (χ4v) is 6.68. The molecule has 0 bridgehead atoms. The van der Waals surface area contributed by atoms with Gasteiger partial charge in [0, 0.05) is 22.3 Å². The number of hydrogen-bond acceptors (Lipinski definition) is 6. The Labute approximate surface area is 340 Å². The molecule has 6 rings (SSSR count). The third kappa shape index (κ3) is 10.4. The summed E-state index contributed by atoms with van der Waals surface area (Å²) < 4.78 is 25.7. The molecule has 0 aliphatic carbocycles. The Balaban J connectivity index is 1.29. The molecule has 7 heteroatoms. The van der Waals surface area contributed by atoms with Crippen LogP contribution in [0.3, 0.4) is 0 Å². The van der Waals surface area contributed by atoms with Crippen LogP contribution in [0.1, 0.15) is 75.0 Å². The van der Waals surface area contributed by atoms with Crippen molar-refractivity contribution in [2.45, 2.75) is 39.0 Å². The van der Waals surface area contributed by atoms with Gasteiger partial charge in [-0.3, -0.25) is 0 Å². The maximum absolute atomic E-state index is 14.7. The summed E-state index contributed by atoms with van der Waals surface area (Å²) in [5.74, 6) is -0.764. The van der Waals surface area contributed by atoms with E-state index in [-0.39, 0.29) is 5.56 Å². The number of hydrogen-bond donors (Lipinski definition) is 0. The third-order valence-electron chi connectivity index (χ3n) is 9.81. The molecule has 0 fully saturated rings. The highest BCUT2D eigenvalue weighted by Crippen LogP contribution is 2.29. The van der Waals surface area contributed by atoms with Gasteiger partial charge in [0.1, 0.15) is 17.3 Å². The first kappa shape index (κ1) is 40.5. The van der Waals surface area contributed by atoms with Crippen LogP contribution >= 0.6 is 0 Å². The number of unbranched alkanes of at least 4 members (excludes halogenated alkanes) is 3. The van der Waals surface area contributed by atoms with Crippen LogP contribution in [0.2, 0.25) is 0 Å². The summed E-state index contributed by atoms with van der Waals surface area (Å²) in [6.07, 6.45) is 10.3. The van der Waals surface area contributed by atoms with Crippen molar-refractivity contribution in [3.05, 3.63) is 203 Å². The molecule has 0 aliphatic heterocycles. The minimum absolute atomic E-state index is 0.240. The molecule has 0 heterocycles. The minimum atomic E-state index is -0.561. The van der Waals surface area contributed by atoms with E-state index in [9.17, 15) is 9.18 Å². The zero-order valence-electron chi connectivity index (χ0n) is 32.5. The van der Waals surface area contributed by atoms with Crippen molar-refractivity contribution in [3.63, 3.8) is 0 Å². The van der Waals surface area contributed by atoms with Gasteiger partial charge in [0.25, 0.3) is 0 Å². The van der Waals surface area contributed by atoms with Crippen molar-refractivity contribution in [1.82, 2.24) is 0 Å². The van der Waals surface area contributed by atoms with Gasteiger partial charge in [0.05, 0.1) is 36.3 Å². The highest BCUT2D eigenvalue weighted by Gasteiger charge is 2.16. The summed E-state index contributed by atoms with van der Waals surface area (Å²) in [6.45, 7) is 10.4. The van der Waals surface area contributed by atoms with Crippen LogP contribution in [0.5, 0.6) is 5.75 Å². The van der Waals surface area contributed by atoms with Crippen LogP contribution in [0.25, 0.3) is 28.3 Å². The van der Waals surface area contributed by atoms with Crippen LogP contribution in [0.15, 0.2) is 163 Å². The molecule has 6 aromatic carbocycles. The topological polar surface area (TPSA) is 84.0 Å². The highest BCUT2D eigenvalue weighted by atomic mass is 19.1. The second-order valence-electron chi connectivity index (χ2n) is 13.7. The summed E-state index contributed by atoms with van der Waals surface area (Å²) in [4.78, 5) is 13.6. The number of carbonyl (C=O) groups is 1. The Morgan fingerprint density at radius 1 is 0.759 bits per heavy atom. The van der Waals surface area contributed by atoms with Gasteiger partial charge in [-0.2, -0.15) is 10.4 Å². The minimum Gasteiger partial charge on any atom is -0.502 e. The van der Waals surface area contributed by atoms with Crippen molar-refractivity contribution in [2.24, 2.45) is 10.2 Å². The van der Waals surface area contributed by atoms with E-state index in [1.807, 2.05) is 73.7 Å². The molecule has 58 heavy (non-hydrogen) atoms. The van der Waals surface area contributed by atoms with E-state index in [1.54, 1.807) is 54.7 Å². The molecule has 0 spiro atoms. The molecule has 0 unspecified atom stereocenters. The van der Waals surface area contributed by atoms with Crippen LogP contribution in [0, 0.1) is 24.1 Å². The lowest BCUT2D eigenvalue weighted by atomic mass is 9.95. The monoisotopic (exact) mass is 765 g/mol. The average Bonchev–Trinajstić information content (AvgIpc) is 3.25. The fraction of sp³-hybridized carbons (Fsp3) is 0.137. The van der Waals surface area contributed by atoms with Crippen LogP contribution in [-0.4, -0.2) is 24.5 Å². The molecule has 288 valence electrons. The zero-order valence-corrected chi connectivity index (χ0v) is 32.5. The number of esters is 1. The van der Waals surface area contributed by atoms with Crippen LogP contribution < -0.4 is 4.74 Å². The maximum atomic E-state index is 14.7. The molecule has 0 N–H and O–H groups in total. The van der Waals surface area contributed by atoms with Gasteiger partial charge in [-0.05, 0) is 96.0 Å². The van der Waals surface area contributed by atoms with Gasteiger partial charge >= 0.3 is 5.97 Å². The zero-order chi connectivity index (χ0) is 40.7. The predicted octanol–water partition coefficient (Wildman–Crippen LogP) is 12.3. The van der Waals surface area contributed by atoms with Crippen molar-refractivity contribution < 1.29 is 18.7 Å². The van der Waals surface area contributed by atoms with E-state index in [2.05, 4.69) is 42.5 Å². The summed E-state index contributed by atoms with van der Waals surface area (Å²) in [7, 11) is 0. The number of halogens is 1. The van der Waals surface area contributed by atoms with Gasteiger partial charge < -0.3 is 9.47 Å². The number of rotatable bonds is 17. The lowest BCUT2D eigenvalue weighted by Crippen LogP contribution is -2.09. The first-order valence-electron chi connectivity index (χ1n) is 19.3. The number of carbonyl (C=O) groups excluding carboxylic acids is 1. The maximum Gasteiger partial charge on any atom is 0.343 e. The van der Waals surface area contributed by atoms with Gasteiger partial charge in [-0.15, -0.1) is 5.10 Å². The van der Waals surface area contributed by atoms with Gasteiger partial charge in [0.2, 0.25) is 0 Å². The Hall–Kier alpha value is -7.17. The highest BCUT2D eigenvalue weighted by molar-refractivity contribution is 6.15. The van der Waals surface area contributed by atoms with E-state index in [4.69, 9.17) is 19.8 Å². The van der Waals surface area contributed by atoms with Crippen molar-refractivity contribution >= 4 is 24.0 Å². The first-order chi connectivity index (χ1) is 28.4. The molecule has 0 aliphatic rings. The first-order valence-corrected chi connectivity index (χ1v) is 19.3. The normalized spacial score (nSPS) is 11.2. The average molecular weight is 766 g/mol. The molecule has 0 atom stereocenters. The van der Waals surface area contributed by atoms with E-state index >= 15 is 0 Å². The lowest BCUT2D eigenvalue weighted by Gasteiger charge is -2.12. The van der Waals surface area contributed by atoms with Crippen LogP contribution in [-0.2, 0) is 11.2 Å². The Morgan fingerprint density at radius 2 is 1.45 bits per heavy atom. The fourth-order valence-electron chi connectivity index (χ4n) is 6.68. The quantitative estimate of drug-likeness (QED) is 0.0231. The van der Waals surface area contributed by atoms with Crippen molar-refractivity contribution in [1.29, 1.82) is 5.26 Å². The largest absolute Gasteiger partial charge is 0.502 e. The number of benzene rings is 6. The Kier molecular flexibility index (Phi) is 14.1. The second-order valence-corrected chi connectivity index (χ2v) is 13.7. The molecule has 0 amide bonds. The smallest absolute Gasteiger partial charge is 0.343 e. The van der Waals surface area contributed by atoms with Crippen molar-refractivity contribution in [2.75, 3.05) is 6.61 Å². The number of ether oxygens (including phenoxy) is 2. The number of nitrogens with zero attached hydrogens (tertiary/aromatic N) is 3. The third-order valence-corrected chi connectivity index (χ3v) is 9.81. The lowest BCUT2D eigenvalue weighted by molar-refractivity contribution is 0.0734. The van der Waals surface area contributed by atoms with Gasteiger partial charge in [-0.1, -0.05) is 129 Å². The van der Waals surface area contributed by atoms with Crippen LogP contribution in [0.4, 0.5) is 4.39 Å². The summed E-state index contributed by atoms with van der Waals surface area (Å²) in [5.41, 5.74) is 9.80. The summed E-state index contributed by atoms with van der Waals surface area (Å²) in [6, 6.07) is 42.7. The molecule has 6 nitrogen and oxygen atoms in total. The molecule has 0 aromatic heterocycles. The SMILES string of the molecule is C=COCCCCCCc1ccc(-c2ccc(C(=O)Oc3ccc(-c4ccc(C#N)cc4F)cc3)cc2/C=N/N=C(\c2ccccc2C)c2ccccc2C=C)cc1. The second kappa shape index (κ2) is 20.1. The standard InChI is InChI=1S/C51H44FN3O3/c1-4-39-16-10-12-18-48(39)50(45-17-11-9-14-36(45)3)55-54-35-43-33-42(26-30-46(43)40-22-19-37(20-23-40)15-8-6-7-13-31-57-5-2)51(56)58-44-27-24-41(25-28-44)47-29-21-38(34-53)32-49(47)52/h4-5,9-12,14,16-30,32-33,35H,1-2,6-8,13,15,31H2,3H3/b54-35+,55-50+. The predicted molar refractivity (Wildman–Crippen MR) is 233 cm³/mol. The number of nitriles is 1. The van der Waals surface area contributed by atoms with Crippen molar-refractivity contribution in [3.8, 4) is 34.1 Å². The number of aryl methyl sites for hydroxylation is 2. The van der Waals surface area contributed by atoms with Gasteiger partial charge in [-0.25, -0.2) is 9.18 Å². The van der Waals surface area contributed by atoms with E-state index in [0.29, 0.717) is 40.3 Å². The van der Waals surface area contributed by atoms with E-state index in [0.717, 1.165) is 65.5 Å². The molecule has 0 saturated carbocycles. The summed E-state index contributed by atoms with van der Waals surface area (Å²) in [5, 5.41) is 18.5. The van der Waals surface area contributed by atoms with E-state index < -0.39 is 11.8 Å². The molecule has 0 saturated heterocycles. The Morgan fingerprint density at radius 3 is 2.17 bits per heavy atom. The van der Waals surface area contributed by atoms with Gasteiger partial charge in [0.15, 0.2) is 0 Å². The van der Waals surface area contributed by atoms with E-state index in [1.165, 1.54) is 17.9 Å². The Bertz CT molecular complexity index is 2500. The summed E-state index contributed by atoms with van der Waals surface area (Å²) >= 11 is 0. The molecule has 6 aromatic rings. The molecule has 0 radical (unpaired) electrons.